The summed E-state index contributed by atoms with van der Waals surface area (Å²) in [6.07, 6.45) is 0. The third kappa shape index (κ3) is 9.52. The van der Waals surface area contributed by atoms with Crippen LogP contribution in [0.3, 0.4) is 0 Å². The SMILES string of the molecule is CC(=O)CN(CC(=O)O)C(C)CN(CC(=O)O)CC(=O)O. The largest absolute Gasteiger partial charge is 0.480 e. The van der Waals surface area contributed by atoms with E-state index in [0.717, 1.165) is 0 Å². The molecular weight excluding hydrogens is 284 g/mol. The number of rotatable bonds is 11. The number of ketones is 1. The lowest BCUT2D eigenvalue weighted by molar-refractivity contribution is -0.144. The summed E-state index contributed by atoms with van der Waals surface area (Å²) in [6.45, 7) is 1.53. The number of Topliss-reactive ketones (excluding diaryl/α,β-unsaturated/α-hetero) is 1. The molecule has 3 N–H and O–H groups in total. The Labute approximate surface area is 121 Å². The smallest absolute Gasteiger partial charge is 0.317 e. The number of carboxylic acid groups (broad SMARTS) is 3. The first-order valence-corrected chi connectivity index (χ1v) is 6.23. The normalized spacial score (nSPS) is 12.4. The molecule has 0 fully saturated rings. The van der Waals surface area contributed by atoms with Gasteiger partial charge in [-0.2, -0.15) is 0 Å². The first-order valence-electron chi connectivity index (χ1n) is 6.23. The van der Waals surface area contributed by atoms with Crippen molar-refractivity contribution in [1.82, 2.24) is 9.80 Å². The van der Waals surface area contributed by atoms with Gasteiger partial charge in [0.1, 0.15) is 5.78 Å². The van der Waals surface area contributed by atoms with E-state index in [4.69, 9.17) is 15.3 Å². The number of carbonyl (C=O) groups is 4. The van der Waals surface area contributed by atoms with Crippen molar-refractivity contribution >= 4 is 23.7 Å². The molecule has 0 aliphatic heterocycles. The monoisotopic (exact) mass is 304 g/mol. The Morgan fingerprint density at radius 1 is 0.857 bits per heavy atom. The first kappa shape index (κ1) is 19.0. The summed E-state index contributed by atoms with van der Waals surface area (Å²) >= 11 is 0. The molecule has 0 rings (SSSR count). The molecule has 0 radical (unpaired) electrons. The van der Waals surface area contributed by atoms with Gasteiger partial charge in [-0.1, -0.05) is 0 Å². The lowest BCUT2D eigenvalue weighted by Crippen LogP contribution is -2.48. The van der Waals surface area contributed by atoms with Gasteiger partial charge in [0.05, 0.1) is 26.2 Å². The molecule has 0 heterocycles. The Bertz CT molecular complexity index is 378. The van der Waals surface area contributed by atoms with Crippen molar-refractivity contribution in [2.24, 2.45) is 0 Å². The van der Waals surface area contributed by atoms with Crippen LogP contribution in [0.25, 0.3) is 0 Å². The molecule has 120 valence electrons. The molecular formula is C12H20N2O7. The topological polar surface area (TPSA) is 135 Å². The van der Waals surface area contributed by atoms with E-state index in [1.807, 2.05) is 0 Å². The second-order valence-corrected chi connectivity index (χ2v) is 4.81. The molecule has 0 bridgehead atoms. The van der Waals surface area contributed by atoms with Crippen molar-refractivity contribution in [3.8, 4) is 0 Å². The van der Waals surface area contributed by atoms with Crippen LogP contribution in [-0.4, -0.2) is 87.6 Å². The molecule has 0 aromatic carbocycles. The fourth-order valence-corrected chi connectivity index (χ4v) is 1.88. The fraction of sp³-hybridized carbons (Fsp3) is 0.667. The van der Waals surface area contributed by atoms with E-state index in [9.17, 15) is 19.2 Å². The number of hydrogen-bond donors (Lipinski definition) is 3. The van der Waals surface area contributed by atoms with Gasteiger partial charge in [0.25, 0.3) is 0 Å². The maximum Gasteiger partial charge on any atom is 0.317 e. The van der Waals surface area contributed by atoms with Crippen molar-refractivity contribution in [1.29, 1.82) is 0 Å². The number of nitrogens with zero attached hydrogens (tertiary/aromatic N) is 2. The van der Waals surface area contributed by atoms with E-state index in [1.54, 1.807) is 6.92 Å². The van der Waals surface area contributed by atoms with Crippen molar-refractivity contribution in [3.63, 3.8) is 0 Å². The molecule has 0 aliphatic carbocycles. The second-order valence-electron chi connectivity index (χ2n) is 4.81. The van der Waals surface area contributed by atoms with Crippen LogP contribution >= 0.6 is 0 Å². The summed E-state index contributed by atoms with van der Waals surface area (Å²) in [5, 5.41) is 26.3. The highest BCUT2D eigenvalue weighted by molar-refractivity contribution is 5.78. The summed E-state index contributed by atoms with van der Waals surface area (Å²) in [6, 6.07) is -0.483. The highest BCUT2D eigenvalue weighted by atomic mass is 16.4. The van der Waals surface area contributed by atoms with Crippen LogP contribution in [0.4, 0.5) is 0 Å². The van der Waals surface area contributed by atoms with Crippen LogP contribution in [0.2, 0.25) is 0 Å². The molecule has 1 unspecified atom stereocenters. The van der Waals surface area contributed by atoms with Crippen molar-refractivity contribution < 1.29 is 34.5 Å². The van der Waals surface area contributed by atoms with Gasteiger partial charge in [-0.05, 0) is 13.8 Å². The van der Waals surface area contributed by atoms with Crippen LogP contribution in [0.1, 0.15) is 13.8 Å². The quantitative estimate of drug-likeness (QED) is 0.431. The molecule has 0 aliphatic rings. The number of carboxylic acids is 3. The van der Waals surface area contributed by atoms with E-state index in [-0.39, 0.29) is 25.4 Å². The van der Waals surface area contributed by atoms with Crippen LogP contribution in [-0.2, 0) is 19.2 Å². The van der Waals surface area contributed by atoms with Crippen LogP contribution in [0.15, 0.2) is 0 Å². The van der Waals surface area contributed by atoms with Gasteiger partial charge in [-0.25, -0.2) is 0 Å². The number of aliphatic carboxylic acids is 3. The maximum atomic E-state index is 11.1. The minimum absolute atomic E-state index is 0.0269. The third-order valence-electron chi connectivity index (χ3n) is 2.63. The predicted octanol–water partition coefficient (Wildman–Crippen LogP) is -1.18. The van der Waals surface area contributed by atoms with Gasteiger partial charge >= 0.3 is 17.9 Å². The van der Waals surface area contributed by atoms with Gasteiger partial charge in [0.15, 0.2) is 0 Å². The average molecular weight is 304 g/mol. The molecule has 9 nitrogen and oxygen atoms in total. The molecule has 0 aromatic heterocycles. The van der Waals surface area contributed by atoms with Crippen molar-refractivity contribution in [2.45, 2.75) is 19.9 Å². The summed E-state index contributed by atoms with van der Waals surface area (Å²) in [5.74, 6) is -3.71. The van der Waals surface area contributed by atoms with E-state index in [2.05, 4.69) is 0 Å². The maximum absolute atomic E-state index is 11.1. The highest BCUT2D eigenvalue weighted by Gasteiger charge is 2.23. The van der Waals surface area contributed by atoms with E-state index < -0.39 is 37.0 Å². The fourth-order valence-electron chi connectivity index (χ4n) is 1.88. The molecule has 21 heavy (non-hydrogen) atoms. The van der Waals surface area contributed by atoms with Crippen molar-refractivity contribution in [3.05, 3.63) is 0 Å². The molecule has 1 atom stereocenters. The van der Waals surface area contributed by atoms with Crippen LogP contribution in [0, 0.1) is 0 Å². The van der Waals surface area contributed by atoms with Crippen LogP contribution < -0.4 is 0 Å². The summed E-state index contributed by atoms with van der Waals surface area (Å²) in [4.78, 5) is 45.9. The number of carbonyl (C=O) groups excluding carboxylic acids is 1. The summed E-state index contributed by atoms with van der Waals surface area (Å²) in [5.41, 5.74) is 0. The molecule has 0 saturated carbocycles. The van der Waals surface area contributed by atoms with Gasteiger partial charge in [-0.3, -0.25) is 29.0 Å². The van der Waals surface area contributed by atoms with Crippen LogP contribution in [0.5, 0.6) is 0 Å². The Morgan fingerprint density at radius 3 is 1.62 bits per heavy atom. The molecule has 0 saturated heterocycles. The lowest BCUT2D eigenvalue weighted by atomic mass is 10.2. The molecule has 9 heteroatoms. The zero-order chi connectivity index (χ0) is 16.6. The number of hydrogen-bond acceptors (Lipinski definition) is 6. The van der Waals surface area contributed by atoms with Gasteiger partial charge in [-0.15, -0.1) is 0 Å². The van der Waals surface area contributed by atoms with Gasteiger partial charge in [0, 0.05) is 12.6 Å². The third-order valence-corrected chi connectivity index (χ3v) is 2.63. The highest BCUT2D eigenvalue weighted by Crippen LogP contribution is 2.03. The minimum atomic E-state index is -1.18. The zero-order valence-corrected chi connectivity index (χ0v) is 12.0. The van der Waals surface area contributed by atoms with E-state index in [1.165, 1.54) is 16.7 Å². The second kappa shape index (κ2) is 9.03. The summed E-state index contributed by atoms with van der Waals surface area (Å²) in [7, 11) is 0. The Morgan fingerprint density at radius 2 is 1.29 bits per heavy atom. The zero-order valence-electron chi connectivity index (χ0n) is 12.0. The van der Waals surface area contributed by atoms with E-state index in [0.29, 0.717) is 0 Å². The Balaban J connectivity index is 4.81. The van der Waals surface area contributed by atoms with Gasteiger partial charge in [0.2, 0.25) is 0 Å². The minimum Gasteiger partial charge on any atom is -0.480 e. The lowest BCUT2D eigenvalue weighted by Gasteiger charge is -2.30. The van der Waals surface area contributed by atoms with E-state index >= 15 is 0 Å². The summed E-state index contributed by atoms with van der Waals surface area (Å²) < 4.78 is 0. The standard InChI is InChI=1S/C12H20N2O7/c1-8(14(4-9(2)15)7-12(20)21)3-13(5-10(16)17)6-11(18)19/h8H,3-7H2,1-2H3,(H,16,17)(H,18,19)(H,20,21). The van der Waals surface area contributed by atoms with Crippen molar-refractivity contribution in [2.75, 3.05) is 32.7 Å². The Kier molecular flexibility index (Phi) is 8.17. The molecule has 0 aromatic rings. The predicted molar refractivity (Wildman–Crippen MR) is 71.1 cm³/mol. The Hall–Kier alpha value is -2.00. The van der Waals surface area contributed by atoms with Gasteiger partial charge < -0.3 is 15.3 Å². The molecule has 0 spiro atoms. The average Bonchev–Trinajstić information content (AvgIpc) is 2.24. The first-order chi connectivity index (χ1) is 9.61. The molecule has 0 amide bonds.